The predicted molar refractivity (Wildman–Crippen MR) is 47.1 cm³/mol. The van der Waals surface area contributed by atoms with Crippen LogP contribution in [0.5, 0.6) is 0 Å². The standard InChI is InChI=1S/C8H11BO3/c1-12-8-4-2-3-7(5-6-8)9(10)11/h2,4-6,10-11H,3H2,1H3. The van der Waals surface area contributed by atoms with Crippen molar-refractivity contribution >= 4 is 7.12 Å². The molecule has 0 aromatic heterocycles. The van der Waals surface area contributed by atoms with Gasteiger partial charge in [0.15, 0.2) is 0 Å². The third-order valence-electron chi connectivity index (χ3n) is 1.66. The first-order valence-electron chi connectivity index (χ1n) is 3.71. The molecule has 0 saturated carbocycles. The van der Waals surface area contributed by atoms with E-state index in [1.165, 1.54) is 0 Å². The van der Waals surface area contributed by atoms with Crippen molar-refractivity contribution in [3.05, 3.63) is 35.5 Å². The number of ether oxygens (including phenoxy) is 1. The highest BCUT2D eigenvalue weighted by Gasteiger charge is 2.13. The monoisotopic (exact) mass is 166 g/mol. The summed E-state index contributed by atoms with van der Waals surface area (Å²) in [5.41, 5.74) is 0.568. The fraction of sp³-hybridized carbons (Fsp3) is 0.250. The maximum Gasteiger partial charge on any atom is 0.484 e. The average Bonchev–Trinajstić information content (AvgIpc) is 2.28. The number of methoxy groups -OCH3 is 1. The van der Waals surface area contributed by atoms with Gasteiger partial charge in [-0.25, -0.2) is 0 Å². The first-order valence-corrected chi connectivity index (χ1v) is 3.71. The van der Waals surface area contributed by atoms with Crippen LogP contribution in [0.15, 0.2) is 35.5 Å². The molecule has 0 amide bonds. The molecule has 3 nitrogen and oxygen atoms in total. The molecule has 0 fully saturated rings. The van der Waals surface area contributed by atoms with E-state index >= 15 is 0 Å². The summed E-state index contributed by atoms with van der Waals surface area (Å²) in [7, 11) is 0.201. The molecule has 1 rings (SSSR count). The molecule has 0 spiro atoms. The first kappa shape index (κ1) is 9.10. The molecule has 64 valence electrons. The van der Waals surface area contributed by atoms with Gasteiger partial charge in [0.05, 0.1) is 7.11 Å². The molecule has 0 saturated heterocycles. The summed E-state index contributed by atoms with van der Waals surface area (Å²) in [5.74, 6) is 0.714. The van der Waals surface area contributed by atoms with Crippen LogP contribution in [0.25, 0.3) is 0 Å². The molecule has 0 heterocycles. The lowest BCUT2D eigenvalue weighted by Crippen LogP contribution is -2.14. The predicted octanol–water partition coefficient (Wildman–Crippen LogP) is 0.415. The number of allylic oxidation sites excluding steroid dienone is 5. The minimum atomic E-state index is -1.37. The van der Waals surface area contributed by atoms with Gasteiger partial charge in [-0.15, -0.1) is 0 Å². The Bertz CT molecular complexity index is 241. The molecular weight excluding hydrogens is 155 g/mol. The highest BCUT2D eigenvalue weighted by molar-refractivity contribution is 6.50. The maximum absolute atomic E-state index is 8.84. The molecule has 0 unspecified atom stereocenters. The Hall–Kier alpha value is -0.995. The summed E-state index contributed by atoms with van der Waals surface area (Å²) in [4.78, 5) is 0. The van der Waals surface area contributed by atoms with Gasteiger partial charge >= 0.3 is 7.12 Å². The smallest absolute Gasteiger partial charge is 0.484 e. The normalized spacial score (nSPS) is 16.2. The van der Waals surface area contributed by atoms with Crippen LogP contribution in [0.3, 0.4) is 0 Å². The average molecular weight is 166 g/mol. The highest BCUT2D eigenvalue weighted by Crippen LogP contribution is 2.11. The lowest BCUT2D eigenvalue weighted by Gasteiger charge is -1.98. The molecular formula is C8H11BO3. The molecule has 1 aliphatic carbocycles. The Morgan fingerprint density at radius 2 is 2.17 bits per heavy atom. The summed E-state index contributed by atoms with van der Waals surface area (Å²) in [6.45, 7) is 0. The minimum Gasteiger partial charge on any atom is -0.497 e. The topological polar surface area (TPSA) is 49.7 Å². The largest absolute Gasteiger partial charge is 0.497 e. The van der Waals surface area contributed by atoms with Gasteiger partial charge in [0.2, 0.25) is 0 Å². The summed E-state index contributed by atoms with van der Waals surface area (Å²) < 4.78 is 4.97. The zero-order valence-corrected chi connectivity index (χ0v) is 6.90. The third-order valence-corrected chi connectivity index (χ3v) is 1.66. The second kappa shape index (κ2) is 4.14. The van der Waals surface area contributed by atoms with E-state index in [4.69, 9.17) is 14.8 Å². The lowest BCUT2D eigenvalue weighted by atomic mass is 9.77. The molecule has 0 bridgehead atoms. The lowest BCUT2D eigenvalue weighted by molar-refractivity contribution is 0.307. The van der Waals surface area contributed by atoms with E-state index in [1.54, 1.807) is 25.3 Å². The van der Waals surface area contributed by atoms with Crippen molar-refractivity contribution in [1.82, 2.24) is 0 Å². The molecule has 2 N–H and O–H groups in total. The molecule has 1 aliphatic rings. The Morgan fingerprint density at radius 3 is 2.75 bits per heavy atom. The number of rotatable bonds is 2. The Labute approximate surface area is 71.8 Å². The van der Waals surface area contributed by atoms with E-state index in [2.05, 4.69) is 0 Å². The zero-order valence-electron chi connectivity index (χ0n) is 6.90. The van der Waals surface area contributed by atoms with E-state index in [1.807, 2.05) is 6.08 Å². The summed E-state index contributed by atoms with van der Waals surface area (Å²) in [5, 5.41) is 17.7. The summed E-state index contributed by atoms with van der Waals surface area (Å²) >= 11 is 0. The fourth-order valence-electron chi connectivity index (χ4n) is 0.951. The minimum absolute atomic E-state index is 0.543. The van der Waals surface area contributed by atoms with Crippen LogP contribution in [0.2, 0.25) is 0 Å². The van der Waals surface area contributed by atoms with Gasteiger partial charge in [-0.1, -0.05) is 12.2 Å². The molecule has 0 radical (unpaired) electrons. The van der Waals surface area contributed by atoms with E-state index in [-0.39, 0.29) is 0 Å². The van der Waals surface area contributed by atoms with Crippen molar-refractivity contribution in [2.24, 2.45) is 0 Å². The van der Waals surface area contributed by atoms with Crippen molar-refractivity contribution in [3.63, 3.8) is 0 Å². The van der Waals surface area contributed by atoms with Crippen molar-refractivity contribution < 1.29 is 14.8 Å². The molecule has 0 aromatic rings. The second-order valence-electron chi connectivity index (χ2n) is 2.49. The maximum atomic E-state index is 8.84. The molecule has 0 atom stereocenters. The highest BCUT2D eigenvalue weighted by atomic mass is 16.5. The Kier molecular flexibility index (Phi) is 3.14. The Balaban J connectivity index is 2.77. The second-order valence-corrected chi connectivity index (χ2v) is 2.49. The molecule has 0 aliphatic heterocycles. The van der Waals surface area contributed by atoms with Crippen LogP contribution < -0.4 is 0 Å². The van der Waals surface area contributed by atoms with Crippen LogP contribution in [-0.2, 0) is 4.74 Å². The van der Waals surface area contributed by atoms with Gasteiger partial charge in [-0.3, -0.25) is 0 Å². The van der Waals surface area contributed by atoms with Gasteiger partial charge in [0.25, 0.3) is 0 Å². The van der Waals surface area contributed by atoms with Crippen LogP contribution in [0.4, 0.5) is 0 Å². The molecule has 12 heavy (non-hydrogen) atoms. The zero-order chi connectivity index (χ0) is 8.97. The van der Waals surface area contributed by atoms with Gasteiger partial charge in [-0.05, 0) is 24.0 Å². The van der Waals surface area contributed by atoms with Crippen LogP contribution in [0.1, 0.15) is 6.42 Å². The quantitative estimate of drug-likeness (QED) is 0.584. The SMILES string of the molecule is COC1=CC=C(B(O)O)CC=C1. The van der Waals surface area contributed by atoms with Crippen molar-refractivity contribution in [3.8, 4) is 0 Å². The van der Waals surface area contributed by atoms with Gasteiger partial charge in [0, 0.05) is 0 Å². The number of hydrogen-bond donors (Lipinski definition) is 2. The van der Waals surface area contributed by atoms with Crippen molar-refractivity contribution in [1.29, 1.82) is 0 Å². The van der Waals surface area contributed by atoms with Gasteiger partial charge in [0.1, 0.15) is 5.76 Å². The first-order chi connectivity index (χ1) is 5.74. The van der Waals surface area contributed by atoms with Crippen LogP contribution >= 0.6 is 0 Å². The van der Waals surface area contributed by atoms with Crippen LogP contribution in [-0.4, -0.2) is 24.3 Å². The third kappa shape index (κ3) is 2.25. The van der Waals surface area contributed by atoms with E-state index < -0.39 is 7.12 Å². The van der Waals surface area contributed by atoms with E-state index in [0.717, 1.165) is 0 Å². The van der Waals surface area contributed by atoms with Gasteiger partial charge in [-0.2, -0.15) is 0 Å². The molecule has 0 aromatic carbocycles. The fourth-order valence-corrected chi connectivity index (χ4v) is 0.951. The van der Waals surface area contributed by atoms with Crippen molar-refractivity contribution in [2.45, 2.75) is 6.42 Å². The van der Waals surface area contributed by atoms with Gasteiger partial charge < -0.3 is 14.8 Å². The van der Waals surface area contributed by atoms with Crippen molar-refractivity contribution in [2.75, 3.05) is 7.11 Å². The Morgan fingerprint density at radius 1 is 1.42 bits per heavy atom. The summed E-state index contributed by atoms with van der Waals surface area (Å²) in [6, 6.07) is 0. The van der Waals surface area contributed by atoms with E-state index in [0.29, 0.717) is 17.7 Å². The molecule has 4 heteroatoms. The number of hydrogen-bond acceptors (Lipinski definition) is 3. The summed E-state index contributed by atoms with van der Waals surface area (Å²) in [6.07, 6.45) is 7.53. The van der Waals surface area contributed by atoms with E-state index in [9.17, 15) is 0 Å². The van der Waals surface area contributed by atoms with Crippen LogP contribution in [0, 0.1) is 0 Å².